The number of nitrogens with zero attached hydrogens (tertiary/aromatic N) is 2. The molecular formula is C34H44ClF2N3O5. The van der Waals surface area contributed by atoms with E-state index in [9.17, 15) is 14.4 Å². The number of alkyl halides is 2. The highest BCUT2D eigenvalue weighted by atomic mass is 35.5. The number of pyridine rings is 1. The molecule has 0 spiro atoms. The van der Waals surface area contributed by atoms with Gasteiger partial charge >= 0.3 is 6.09 Å². The Kier molecular flexibility index (Phi) is 9.38. The van der Waals surface area contributed by atoms with Crippen LogP contribution >= 0.6 is 11.6 Å². The van der Waals surface area contributed by atoms with Crippen LogP contribution in [-0.2, 0) is 20.2 Å². The molecule has 7 atom stereocenters. The maximum Gasteiger partial charge on any atom is 0.408 e. The van der Waals surface area contributed by atoms with Crippen molar-refractivity contribution in [2.45, 2.75) is 110 Å². The van der Waals surface area contributed by atoms with E-state index in [-0.39, 0.29) is 48.1 Å². The quantitative estimate of drug-likeness (QED) is 0.376. The molecule has 2 fully saturated rings. The van der Waals surface area contributed by atoms with Crippen molar-refractivity contribution >= 4 is 40.3 Å². The number of carbonyl (C=O) groups excluding carboxylic acids is 3. The number of amides is 2. The predicted octanol–water partition coefficient (Wildman–Crippen LogP) is 7.29. The second-order valence-electron chi connectivity index (χ2n) is 14.2. The Morgan fingerprint density at radius 1 is 1.18 bits per heavy atom. The van der Waals surface area contributed by atoms with Gasteiger partial charge in [0, 0.05) is 28.7 Å². The van der Waals surface area contributed by atoms with Gasteiger partial charge in [0.1, 0.15) is 18.2 Å². The largest absolute Gasteiger partial charge is 0.472 e. The zero-order valence-electron chi connectivity index (χ0n) is 26.9. The van der Waals surface area contributed by atoms with Crippen molar-refractivity contribution in [3.05, 3.63) is 34.9 Å². The lowest BCUT2D eigenvalue weighted by atomic mass is 9.84. The van der Waals surface area contributed by atoms with Crippen molar-refractivity contribution in [1.82, 2.24) is 15.2 Å². The minimum absolute atomic E-state index is 0.0406. The van der Waals surface area contributed by atoms with Crippen LogP contribution < -0.4 is 10.1 Å². The lowest BCUT2D eigenvalue weighted by Crippen LogP contribution is -2.57. The van der Waals surface area contributed by atoms with Gasteiger partial charge in [0.05, 0.1) is 23.7 Å². The highest BCUT2D eigenvalue weighted by molar-refractivity contribution is 6.31. The van der Waals surface area contributed by atoms with E-state index < -0.39 is 53.9 Å². The number of Topliss-reactive ketones (excluding diaryl/α,β-unsaturated/α-hetero) is 1. The average Bonchev–Trinajstić information content (AvgIpc) is 3.62. The third-order valence-corrected chi connectivity index (χ3v) is 9.91. The summed E-state index contributed by atoms with van der Waals surface area (Å²) in [6.07, 6.45) is 0.453. The first kappa shape index (κ1) is 33.4. The lowest BCUT2D eigenvalue weighted by Gasteiger charge is -2.36. The topological polar surface area (TPSA) is 97.8 Å². The number of benzene rings is 1. The van der Waals surface area contributed by atoms with E-state index in [1.165, 1.54) is 11.0 Å². The van der Waals surface area contributed by atoms with E-state index in [0.717, 1.165) is 0 Å². The molecule has 2 amide bonds. The summed E-state index contributed by atoms with van der Waals surface area (Å²) in [5.41, 5.74) is -0.645. The molecule has 45 heavy (non-hydrogen) atoms. The number of halogens is 3. The van der Waals surface area contributed by atoms with Crippen molar-refractivity contribution in [1.29, 1.82) is 0 Å². The highest BCUT2D eigenvalue weighted by Gasteiger charge is 2.51. The second-order valence-corrected chi connectivity index (χ2v) is 14.6. The molecule has 5 rings (SSSR count). The molecule has 246 valence electrons. The van der Waals surface area contributed by atoms with Crippen LogP contribution in [-0.4, -0.2) is 58.5 Å². The fraction of sp³-hybridized carbons (Fsp3) is 0.647. The Hall–Kier alpha value is -3.01. The van der Waals surface area contributed by atoms with Crippen molar-refractivity contribution in [2.24, 2.45) is 23.2 Å². The van der Waals surface area contributed by atoms with Crippen molar-refractivity contribution in [3.8, 4) is 5.88 Å². The van der Waals surface area contributed by atoms with Crippen LogP contribution in [0.4, 0.5) is 13.6 Å². The second kappa shape index (κ2) is 12.6. The summed E-state index contributed by atoms with van der Waals surface area (Å²) < 4.78 is 44.0. The molecule has 1 aromatic carbocycles. The van der Waals surface area contributed by atoms with E-state index in [0.29, 0.717) is 41.6 Å². The highest BCUT2D eigenvalue weighted by Crippen LogP contribution is 2.44. The van der Waals surface area contributed by atoms with E-state index >= 15 is 8.78 Å². The molecule has 1 unspecified atom stereocenters. The minimum Gasteiger partial charge on any atom is -0.472 e. The SMILES string of the molecule is CC[C@H](C)C(=O)[C@@H]1C(C)[C@@H]2CN1C(=O)[C@H](C(C)(C)C)NC(=O)O[C@@H]1C[C@H]1CCCCC(F)(F)c1cc3ccc(Cl)cc3nc1O2. The number of alkyl carbamates (subject to hydrolysis) is 1. The Morgan fingerprint density at radius 3 is 2.60 bits per heavy atom. The zero-order valence-corrected chi connectivity index (χ0v) is 27.6. The Balaban J connectivity index is 1.59. The number of fused-ring (bicyclic) bond motifs is 5. The smallest absolute Gasteiger partial charge is 0.408 e. The Bertz CT molecular complexity index is 1460. The van der Waals surface area contributed by atoms with Gasteiger partial charge in [0.25, 0.3) is 5.92 Å². The normalized spacial score (nSPS) is 29.8. The minimum atomic E-state index is -3.25. The number of carbonyl (C=O) groups is 3. The van der Waals surface area contributed by atoms with Gasteiger partial charge in [0.2, 0.25) is 11.8 Å². The van der Waals surface area contributed by atoms with Crippen LogP contribution in [0.1, 0.15) is 85.6 Å². The number of ketones is 1. The molecule has 2 aliphatic heterocycles. The summed E-state index contributed by atoms with van der Waals surface area (Å²) in [6, 6.07) is 4.41. The lowest BCUT2D eigenvalue weighted by molar-refractivity contribution is -0.143. The van der Waals surface area contributed by atoms with Crippen LogP contribution in [0.25, 0.3) is 10.9 Å². The van der Waals surface area contributed by atoms with Gasteiger partial charge in [-0.25, -0.2) is 18.6 Å². The van der Waals surface area contributed by atoms with Gasteiger partial charge in [-0.3, -0.25) is 9.59 Å². The van der Waals surface area contributed by atoms with Crippen molar-refractivity contribution in [2.75, 3.05) is 6.54 Å². The Labute approximate surface area is 268 Å². The predicted molar refractivity (Wildman–Crippen MR) is 167 cm³/mol. The van der Waals surface area contributed by atoms with Gasteiger partial charge in [-0.1, -0.05) is 65.6 Å². The van der Waals surface area contributed by atoms with Gasteiger partial charge in [-0.15, -0.1) is 0 Å². The van der Waals surface area contributed by atoms with Gasteiger partial charge < -0.3 is 19.7 Å². The molecule has 1 saturated heterocycles. The number of rotatable bonds is 3. The van der Waals surface area contributed by atoms with Gasteiger partial charge in [-0.05, 0) is 55.2 Å². The fourth-order valence-corrected chi connectivity index (χ4v) is 6.68. The van der Waals surface area contributed by atoms with Crippen LogP contribution in [0, 0.1) is 23.2 Å². The van der Waals surface area contributed by atoms with Crippen LogP contribution in [0.15, 0.2) is 24.3 Å². The molecular weight excluding hydrogens is 604 g/mol. The molecule has 1 aromatic heterocycles. The van der Waals surface area contributed by atoms with E-state index in [2.05, 4.69) is 10.3 Å². The monoisotopic (exact) mass is 647 g/mol. The van der Waals surface area contributed by atoms with E-state index in [4.69, 9.17) is 21.1 Å². The first-order chi connectivity index (χ1) is 21.1. The molecule has 1 saturated carbocycles. The summed E-state index contributed by atoms with van der Waals surface area (Å²) >= 11 is 6.22. The third-order valence-electron chi connectivity index (χ3n) is 9.68. The summed E-state index contributed by atoms with van der Waals surface area (Å²) in [6.45, 7) is 11.0. The molecule has 0 radical (unpaired) electrons. The van der Waals surface area contributed by atoms with Crippen LogP contribution in [0.3, 0.4) is 0 Å². The average molecular weight is 648 g/mol. The first-order valence-electron chi connectivity index (χ1n) is 16.1. The third kappa shape index (κ3) is 7.05. The molecule has 2 bridgehead atoms. The number of hydrogen-bond acceptors (Lipinski definition) is 6. The molecule has 1 aliphatic carbocycles. The van der Waals surface area contributed by atoms with Gasteiger partial charge in [0.15, 0.2) is 5.78 Å². The zero-order chi connectivity index (χ0) is 32.8. The maximum atomic E-state index is 16.0. The number of nitrogens with one attached hydrogen (secondary N) is 1. The first-order valence-corrected chi connectivity index (χ1v) is 16.4. The summed E-state index contributed by atoms with van der Waals surface area (Å²) in [4.78, 5) is 47.1. The standard InChI is InChI=1S/C34H44ClF2N3O5/c1-7-18(2)28(41)27-19(3)26-17-40(27)31(42)29(33(4,5)6)39-32(43)45-25-15-21(25)10-8-9-13-34(36,37)23-14-20-11-12-22(35)16-24(20)38-30(23)44-26/h11-12,14,16,18-19,21,25-27,29H,7-10,13,15,17H2,1-6H3,(H,39,43)/t18-,19?,21+,25+,26-,27-,29+/m0/s1. The van der Waals surface area contributed by atoms with Crippen molar-refractivity contribution < 1.29 is 32.6 Å². The molecule has 3 heterocycles. The summed E-state index contributed by atoms with van der Waals surface area (Å²) in [5.74, 6) is -4.88. The molecule has 11 heteroatoms. The summed E-state index contributed by atoms with van der Waals surface area (Å²) in [5, 5.41) is 3.70. The van der Waals surface area contributed by atoms with Gasteiger partial charge in [-0.2, -0.15) is 0 Å². The molecule has 8 nitrogen and oxygen atoms in total. The molecule has 1 N–H and O–H groups in total. The van der Waals surface area contributed by atoms with Crippen molar-refractivity contribution in [3.63, 3.8) is 0 Å². The Morgan fingerprint density at radius 2 is 1.91 bits per heavy atom. The molecule has 3 aliphatic rings. The number of aromatic nitrogens is 1. The number of hydrogen-bond donors (Lipinski definition) is 1. The molecule has 2 aromatic rings. The van der Waals surface area contributed by atoms with E-state index in [1.54, 1.807) is 25.1 Å². The summed E-state index contributed by atoms with van der Waals surface area (Å²) in [7, 11) is 0. The van der Waals surface area contributed by atoms with Crippen LogP contribution in [0.2, 0.25) is 5.02 Å². The fourth-order valence-electron chi connectivity index (χ4n) is 6.52. The van der Waals surface area contributed by atoms with E-state index in [1.807, 2.05) is 34.6 Å². The maximum absolute atomic E-state index is 16.0. The number of ether oxygens (including phenoxy) is 2. The van der Waals surface area contributed by atoms with Crippen LogP contribution in [0.5, 0.6) is 5.88 Å².